The van der Waals surface area contributed by atoms with E-state index in [0.717, 1.165) is 11.3 Å². The summed E-state index contributed by atoms with van der Waals surface area (Å²) in [5.41, 5.74) is 3.81. The quantitative estimate of drug-likeness (QED) is 0.761. The highest BCUT2D eigenvalue weighted by molar-refractivity contribution is 5.77. The molecule has 2 aromatic carbocycles. The zero-order chi connectivity index (χ0) is 18.8. The zero-order valence-corrected chi connectivity index (χ0v) is 14.7. The van der Waals surface area contributed by atoms with Crippen LogP contribution in [0.5, 0.6) is 0 Å². The van der Waals surface area contributed by atoms with Crippen molar-refractivity contribution in [3.63, 3.8) is 0 Å². The highest BCUT2D eigenvalue weighted by atomic mass is 19.1. The summed E-state index contributed by atoms with van der Waals surface area (Å²) in [6, 6.07) is 12.8. The normalized spacial score (nSPS) is 13.5. The lowest BCUT2D eigenvalue weighted by Gasteiger charge is -2.27. The molecule has 1 amide bonds. The van der Waals surface area contributed by atoms with Crippen molar-refractivity contribution in [3.8, 4) is 11.3 Å². The highest BCUT2D eigenvalue weighted by Crippen LogP contribution is 2.29. The SMILES string of the molecule is O=C(CCc1ccccc1F)N1CCc2[nH]nc(-c3cccc(F)c3)c2C1. The Hall–Kier alpha value is -3.02. The first kappa shape index (κ1) is 17.4. The lowest BCUT2D eigenvalue weighted by molar-refractivity contribution is -0.132. The Labute approximate surface area is 155 Å². The molecule has 0 bridgehead atoms. The molecule has 3 aromatic rings. The molecule has 0 radical (unpaired) electrons. The Morgan fingerprint density at radius 3 is 2.81 bits per heavy atom. The van der Waals surface area contributed by atoms with Crippen molar-refractivity contribution in [3.05, 3.63) is 77.0 Å². The van der Waals surface area contributed by atoms with Crippen LogP contribution in [0.3, 0.4) is 0 Å². The first-order valence-electron chi connectivity index (χ1n) is 8.95. The van der Waals surface area contributed by atoms with Gasteiger partial charge in [-0.2, -0.15) is 5.10 Å². The lowest BCUT2D eigenvalue weighted by Crippen LogP contribution is -2.36. The van der Waals surface area contributed by atoms with E-state index in [2.05, 4.69) is 10.2 Å². The third-order valence-corrected chi connectivity index (χ3v) is 4.95. The minimum Gasteiger partial charge on any atom is -0.338 e. The summed E-state index contributed by atoms with van der Waals surface area (Å²) in [7, 11) is 0. The van der Waals surface area contributed by atoms with Gasteiger partial charge in [0.15, 0.2) is 0 Å². The summed E-state index contributed by atoms with van der Waals surface area (Å²) in [4.78, 5) is 14.4. The standard InChI is InChI=1S/C21H19F2N3O/c22-16-6-3-5-15(12-16)21-17-13-26(11-10-19(17)24-25-21)20(27)9-8-14-4-1-2-7-18(14)23/h1-7,12H,8-11,13H2,(H,24,25). The van der Waals surface area contributed by atoms with E-state index in [4.69, 9.17) is 0 Å². The van der Waals surface area contributed by atoms with Gasteiger partial charge in [0, 0.05) is 42.8 Å². The molecule has 6 heteroatoms. The monoisotopic (exact) mass is 367 g/mol. The van der Waals surface area contributed by atoms with Gasteiger partial charge < -0.3 is 4.90 Å². The summed E-state index contributed by atoms with van der Waals surface area (Å²) in [6.45, 7) is 1.02. The molecule has 0 saturated heterocycles. The maximum Gasteiger partial charge on any atom is 0.223 e. The van der Waals surface area contributed by atoms with E-state index in [1.54, 1.807) is 35.2 Å². The Balaban J connectivity index is 1.48. The van der Waals surface area contributed by atoms with Gasteiger partial charge in [-0.25, -0.2) is 8.78 Å². The molecule has 0 spiro atoms. The first-order chi connectivity index (χ1) is 13.1. The fourth-order valence-corrected chi connectivity index (χ4v) is 3.48. The number of aromatic nitrogens is 2. The van der Waals surface area contributed by atoms with Crippen LogP contribution in [0.15, 0.2) is 48.5 Å². The zero-order valence-electron chi connectivity index (χ0n) is 14.7. The van der Waals surface area contributed by atoms with Gasteiger partial charge in [-0.1, -0.05) is 30.3 Å². The Kier molecular flexibility index (Phi) is 4.71. The number of benzene rings is 2. The van der Waals surface area contributed by atoms with Gasteiger partial charge in [-0.05, 0) is 30.2 Å². The highest BCUT2D eigenvalue weighted by Gasteiger charge is 2.25. The molecule has 1 aromatic heterocycles. The number of aryl methyl sites for hydroxylation is 1. The maximum absolute atomic E-state index is 13.7. The van der Waals surface area contributed by atoms with E-state index in [9.17, 15) is 13.6 Å². The Morgan fingerprint density at radius 2 is 2.00 bits per heavy atom. The van der Waals surface area contributed by atoms with Crippen LogP contribution in [-0.4, -0.2) is 27.5 Å². The number of halogens is 2. The van der Waals surface area contributed by atoms with Crippen LogP contribution in [-0.2, 0) is 24.2 Å². The van der Waals surface area contributed by atoms with Crippen LogP contribution >= 0.6 is 0 Å². The summed E-state index contributed by atoms with van der Waals surface area (Å²) >= 11 is 0. The van der Waals surface area contributed by atoms with Crippen molar-refractivity contribution in [1.82, 2.24) is 15.1 Å². The number of carbonyl (C=O) groups excluding carboxylic acids is 1. The molecule has 0 aliphatic carbocycles. The maximum atomic E-state index is 13.7. The van der Waals surface area contributed by atoms with Crippen LogP contribution in [0.25, 0.3) is 11.3 Å². The number of hydrogen-bond donors (Lipinski definition) is 1. The molecule has 0 atom stereocenters. The van der Waals surface area contributed by atoms with E-state index in [-0.39, 0.29) is 24.0 Å². The van der Waals surface area contributed by atoms with Gasteiger partial charge in [-0.3, -0.25) is 9.89 Å². The van der Waals surface area contributed by atoms with Crippen molar-refractivity contribution in [2.24, 2.45) is 0 Å². The molecular formula is C21H19F2N3O. The molecule has 2 heterocycles. The van der Waals surface area contributed by atoms with Gasteiger partial charge in [-0.15, -0.1) is 0 Å². The van der Waals surface area contributed by atoms with E-state index in [1.165, 1.54) is 18.2 Å². The summed E-state index contributed by atoms with van der Waals surface area (Å²) in [5, 5.41) is 7.34. The van der Waals surface area contributed by atoms with Crippen LogP contribution in [0.2, 0.25) is 0 Å². The van der Waals surface area contributed by atoms with Gasteiger partial charge >= 0.3 is 0 Å². The number of aromatic amines is 1. The fraction of sp³-hybridized carbons (Fsp3) is 0.238. The molecule has 0 unspecified atom stereocenters. The summed E-state index contributed by atoms with van der Waals surface area (Å²) < 4.78 is 27.3. The fourth-order valence-electron chi connectivity index (χ4n) is 3.48. The molecule has 1 aliphatic heterocycles. The van der Waals surface area contributed by atoms with Crippen molar-refractivity contribution < 1.29 is 13.6 Å². The van der Waals surface area contributed by atoms with Crippen molar-refractivity contribution >= 4 is 5.91 Å². The average molecular weight is 367 g/mol. The molecule has 0 saturated carbocycles. The van der Waals surface area contributed by atoms with Gasteiger partial charge in [0.05, 0.1) is 5.69 Å². The second-order valence-corrected chi connectivity index (χ2v) is 6.70. The number of hydrogen-bond acceptors (Lipinski definition) is 2. The molecule has 27 heavy (non-hydrogen) atoms. The van der Waals surface area contributed by atoms with Crippen molar-refractivity contribution in [1.29, 1.82) is 0 Å². The number of amides is 1. The molecule has 0 fully saturated rings. The van der Waals surface area contributed by atoms with Gasteiger partial charge in [0.1, 0.15) is 11.6 Å². The minimum absolute atomic E-state index is 0.0182. The predicted octanol–water partition coefficient (Wildman–Crippen LogP) is 3.87. The van der Waals surface area contributed by atoms with Crippen LogP contribution in [0.4, 0.5) is 8.78 Å². The minimum atomic E-state index is -0.321. The third kappa shape index (κ3) is 3.60. The smallest absolute Gasteiger partial charge is 0.223 e. The third-order valence-electron chi connectivity index (χ3n) is 4.95. The number of nitrogens with one attached hydrogen (secondary N) is 1. The second-order valence-electron chi connectivity index (χ2n) is 6.70. The van der Waals surface area contributed by atoms with E-state index < -0.39 is 0 Å². The largest absolute Gasteiger partial charge is 0.338 e. The second kappa shape index (κ2) is 7.31. The van der Waals surface area contributed by atoms with Gasteiger partial charge in [0.25, 0.3) is 0 Å². The molecule has 4 rings (SSSR count). The Morgan fingerprint density at radius 1 is 1.15 bits per heavy atom. The molecule has 4 nitrogen and oxygen atoms in total. The number of carbonyl (C=O) groups is 1. The van der Waals surface area contributed by atoms with Crippen LogP contribution < -0.4 is 0 Å². The number of rotatable bonds is 4. The van der Waals surface area contributed by atoms with E-state index in [0.29, 0.717) is 42.8 Å². The topological polar surface area (TPSA) is 49.0 Å². The summed E-state index contributed by atoms with van der Waals surface area (Å²) in [5.74, 6) is -0.623. The molecule has 1 N–H and O–H groups in total. The Bertz CT molecular complexity index is 983. The predicted molar refractivity (Wildman–Crippen MR) is 97.8 cm³/mol. The number of H-pyrrole nitrogens is 1. The van der Waals surface area contributed by atoms with Crippen molar-refractivity contribution in [2.75, 3.05) is 6.54 Å². The molecular weight excluding hydrogens is 348 g/mol. The number of fused-ring (bicyclic) bond motifs is 1. The lowest BCUT2D eigenvalue weighted by atomic mass is 10.00. The van der Waals surface area contributed by atoms with E-state index >= 15 is 0 Å². The van der Waals surface area contributed by atoms with E-state index in [1.807, 2.05) is 0 Å². The van der Waals surface area contributed by atoms with Crippen LogP contribution in [0, 0.1) is 11.6 Å². The number of nitrogens with zero attached hydrogens (tertiary/aromatic N) is 2. The molecule has 1 aliphatic rings. The first-order valence-corrected chi connectivity index (χ1v) is 8.95. The average Bonchev–Trinajstić information content (AvgIpc) is 3.10. The van der Waals surface area contributed by atoms with Gasteiger partial charge in [0.2, 0.25) is 5.91 Å². The molecule has 138 valence electrons. The summed E-state index contributed by atoms with van der Waals surface area (Å²) in [6.07, 6.45) is 1.30. The van der Waals surface area contributed by atoms with Crippen LogP contribution in [0.1, 0.15) is 23.2 Å². The van der Waals surface area contributed by atoms with Crippen molar-refractivity contribution in [2.45, 2.75) is 25.8 Å².